The summed E-state index contributed by atoms with van der Waals surface area (Å²) in [6.45, 7) is 1.76. The second-order valence-electron chi connectivity index (χ2n) is 6.21. The summed E-state index contributed by atoms with van der Waals surface area (Å²) in [6, 6.07) is 9.68. The molecule has 1 aliphatic rings. The van der Waals surface area contributed by atoms with Gasteiger partial charge in [0.05, 0.1) is 11.9 Å². The van der Waals surface area contributed by atoms with E-state index in [1.54, 1.807) is 12.4 Å². The molecule has 3 aromatic heterocycles. The molecule has 0 aliphatic carbocycles. The Morgan fingerprint density at radius 2 is 2.00 bits per heavy atom. The largest absolute Gasteiger partial charge is 0.397 e. The maximum Gasteiger partial charge on any atom is 0.253 e. The standard InChI is InChI=1S/C18H19N5O/c19-14-3-4-16(21-11-14)23-8-5-12(6-9-23)15-10-13-2-1-7-20-17(13)22-18(15)24/h1-4,7,10-12H,5-6,8-9,19H2,(H,20,22,24). The molecule has 0 saturated carbocycles. The molecule has 24 heavy (non-hydrogen) atoms. The maximum absolute atomic E-state index is 12.4. The summed E-state index contributed by atoms with van der Waals surface area (Å²) in [5, 5.41) is 0.981. The molecule has 1 fully saturated rings. The zero-order valence-electron chi connectivity index (χ0n) is 13.3. The van der Waals surface area contributed by atoms with Crippen LogP contribution in [0.3, 0.4) is 0 Å². The van der Waals surface area contributed by atoms with Crippen LogP contribution in [-0.4, -0.2) is 28.0 Å². The normalized spacial score (nSPS) is 15.8. The van der Waals surface area contributed by atoms with Crippen LogP contribution in [0.25, 0.3) is 11.0 Å². The highest BCUT2D eigenvalue weighted by Gasteiger charge is 2.23. The molecule has 0 aromatic carbocycles. The van der Waals surface area contributed by atoms with Crippen LogP contribution in [0.1, 0.15) is 24.3 Å². The molecular formula is C18H19N5O. The van der Waals surface area contributed by atoms with Gasteiger partial charge in [-0.25, -0.2) is 9.97 Å². The van der Waals surface area contributed by atoms with Crippen LogP contribution in [0.4, 0.5) is 11.5 Å². The Balaban J connectivity index is 1.54. The summed E-state index contributed by atoms with van der Waals surface area (Å²) in [5.41, 5.74) is 7.85. The van der Waals surface area contributed by atoms with Crippen molar-refractivity contribution in [2.45, 2.75) is 18.8 Å². The summed E-state index contributed by atoms with van der Waals surface area (Å²) in [6.07, 6.45) is 5.24. The predicted molar refractivity (Wildman–Crippen MR) is 95.2 cm³/mol. The number of aromatic nitrogens is 3. The van der Waals surface area contributed by atoms with Gasteiger partial charge in [-0.1, -0.05) is 0 Å². The van der Waals surface area contributed by atoms with Gasteiger partial charge in [0.25, 0.3) is 5.56 Å². The first-order chi connectivity index (χ1) is 11.7. The first kappa shape index (κ1) is 14.7. The fourth-order valence-electron chi connectivity index (χ4n) is 3.36. The van der Waals surface area contributed by atoms with Gasteiger partial charge < -0.3 is 15.6 Å². The smallest absolute Gasteiger partial charge is 0.253 e. The van der Waals surface area contributed by atoms with E-state index in [4.69, 9.17) is 5.73 Å². The van der Waals surface area contributed by atoms with E-state index in [-0.39, 0.29) is 11.5 Å². The molecule has 0 unspecified atom stereocenters. The lowest BCUT2D eigenvalue weighted by Crippen LogP contribution is -2.35. The third-order valence-electron chi connectivity index (χ3n) is 4.67. The van der Waals surface area contributed by atoms with Crippen molar-refractivity contribution in [1.29, 1.82) is 0 Å². The number of nitrogen functional groups attached to an aromatic ring is 1. The Morgan fingerprint density at radius 3 is 2.75 bits per heavy atom. The Bertz CT molecular complexity index is 911. The van der Waals surface area contributed by atoms with Crippen molar-refractivity contribution in [3.05, 3.63) is 58.6 Å². The number of nitrogens with two attached hydrogens (primary N) is 1. The van der Waals surface area contributed by atoms with E-state index in [1.807, 2.05) is 30.3 Å². The maximum atomic E-state index is 12.4. The molecule has 0 radical (unpaired) electrons. The second kappa shape index (κ2) is 5.96. The first-order valence-electron chi connectivity index (χ1n) is 8.15. The summed E-state index contributed by atoms with van der Waals surface area (Å²) in [5.74, 6) is 1.21. The number of pyridine rings is 3. The molecule has 0 spiro atoms. The van der Waals surface area contributed by atoms with Crippen molar-refractivity contribution in [2.24, 2.45) is 0 Å². The van der Waals surface area contributed by atoms with E-state index in [9.17, 15) is 4.79 Å². The van der Waals surface area contributed by atoms with E-state index in [0.717, 1.165) is 42.7 Å². The molecule has 1 aliphatic heterocycles. The first-order valence-corrected chi connectivity index (χ1v) is 8.15. The minimum atomic E-state index is -0.0229. The van der Waals surface area contributed by atoms with E-state index >= 15 is 0 Å². The van der Waals surface area contributed by atoms with Gasteiger partial charge in [-0.15, -0.1) is 0 Å². The molecule has 4 heterocycles. The number of hydrogen-bond acceptors (Lipinski definition) is 5. The van der Waals surface area contributed by atoms with Gasteiger partial charge >= 0.3 is 0 Å². The number of hydrogen-bond donors (Lipinski definition) is 2. The molecule has 0 atom stereocenters. The van der Waals surface area contributed by atoms with Crippen molar-refractivity contribution < 1.29 is 0 Å². The Morgan fingerprint density at radius 1 is 1.17 bits per heavy atom. The molecule has 6 nitrogen and oxygen atoms in total. The number of nitrogens with zero attached hydrogens (tertiary/aromatic N) is 3. The third kappa shape index (κ3) is 2.71. The Labute approximate surface area is 139 Å². The number of rotatable bonds is 2. The highest BCUT2D eigenvalue weighted by molar-refractivity contribution is 5.74. The molecular weight excluding hydrogens is 302 g/mol. The van der Waals surface area contributed by atoms with Gasteiger partial charge in [-0.2, -0.15) is 0 Å². The van der Waals surface area contributed by atoms with Crippen LogP contribution >= 0.6 is 0 Å². The fraction of sp³-hybridized carbons (Fsp3) is 0.278. The van der Waals surface area contributed by atoms with Crippen LogP contribution in [0.2, 0.25) is 0 Å². The summed E-state index contributed by atoms with van der Waals surface area (Å²) in [7, 11) is 0. The van der Waals surface area contributed by atoms with Crippen molar-refractivity contribution in [2.75, 3.05) is 23.7 Å². The number of piperidine rings is 1. The number of nitrogens with one attached hydrogen (secondary N) is 1. The molecule has 0 amide bonds. The lowest BCUT2D eigenvalue weighted by Gasteiger charge is -2.32. The molecule has 3 aromatic rings. The molecule has 6 heteroatoms. The molecule has 1 saturated heterocycles. The lowest BCUT2D eigenvalue weighted by atomic mass is 9.90. The summed E-state index contributed by atoms with van der Waals surface area (Å²) < 4.78 is 0. The van der Waals surface area contributed by atoms with Crippen LogP contribution in [0.15, 0.2) is 47.5 Å². The molecule has 4 rings (SSSR count). The SMILES string of the molecule is Nc1ccc(N2CCC(c3cc4cccnc4[nH]c3=O)CC2)nc1. The molecule has 3 N–H and O–H groups in total. The predicted octanol–water partition coefficient (Wildman–Crippen LogP) is 2.28. The number of anilines is 2. The number of aromatic amines is 1. The van der Waals surface area contributed by atoms with Crippen LogP contribution in [0.5, 0.6) is 0 Å². The summed E-state index contributed by atoms with van der Waals surface area (Å²) in [4.78, 5) is 26.1. The van der Waals surface area contributed by atoms with E-state index in [1.165, 1.54) is 0 Å². The molecule has 0 bridgehead atoms. The van der Waals surface area contributed by atoms with Crippen molar-refractivity contribution in [3.63, 3.8) is 0 Å². The summed E-state index contributed by atoms with van der Waals surface area (Å²) >= 11 is 0. The Hall–Kier alpha value is -2.89. The zero-order chi connectivity index (χ0) is 16.5. The number of H-pyrrole nitrogens is 1. The van der Waals surface area contributed by atoms with Gasteiger partial charge in [-0.3, -0.25) is 4.79 Å². The van der Waals surface area contributed by atoms with Crippen molar-refractivity contribution in [3.8, 4) is 0 Å². The minimum Gasteiger partial charge on any atom is -0.397 e. The highest BCUT2D eigenvalue weighted by Crippen LogP contribution is 2.29. The van der Waals surface area contributed by atoms with Gasteiger partial charge in [0.2, 0.25) is 0 Å². The average Bonchev–Trinajstić information content (AvgIpc) is 2.62. The monoisotopic (exact) mass is 321 g/mol. The fourth-order valence-corrected chi connectivity index (χ4v) is 3.36. The molecule has 122 valence electrons. The topological polar surface area (TPSA) is 87.9 Å². The van der Waals surface area contributed by atoms with Gasteiger partial charge in [0.1, 0.15) is 11.5 Å². The number of fused-ring (bicyclic) bond motifs is 1. The van der Waals surface area contributed by atoms with E-state index in [2.05, 4.69) is 19.9 Å². The van der Waals surface area contributed by atoms with E-state index < -0.39 is 0 Å². The van der Waals surface area contributed by atoms with E-state index in [0.29, 0.717) is 11.3 Å². The van der Waals surface area contributed by atoms with Gasteiger partial charge in [-0.05, 0) is 49.1 Å². The van der Waals surface area contributed by atoms with Gasteiger partial charge in [0.15, 0.2) is 0 Å². The van der Waals surface area contributed by atoms with Gasteiger partial charge in [0, 0.05) is 30.2 Å². The second-order valence-corrected chi connectivity index (χ2v) is 6.21. The minimum absolute atomic E-state index is 0.0229. The Kier molecular flexibility index (Phi) is 3.65. The van der Waals surface area contributed by atoms with Crippen molar-refractivity contribution in [1.82, 2.24) is 15.0 Å². The zero-order valence-corrected chi connectivity index (χ0v) is 13.3. The highest BCUT2D eigenvalue weighted by atomic mass is 16.1. The van der Waals surface area contributed by atoms with Crippen LogP contribution in [0, 0.1) is 0 Å². The lowest BCUT2D eigenvalue weighted by molar-refractivity contribution is 0.500. The third-order valence-corrected chi connectivity index (χ3v) is 4.67. The van der Waals surface area contributed by atoms with Crippen LogP contribution < -0.4 is 16.2 Å². The van der Waals surface area contributed by atoms with Crippen LogP contribution in [-0.2, 0) is 0 Å². The quantitative estimate of drug-likeness (QED) is 0.756. The average molecular weight is 321 g/mol. The van der Waals surface area contributed by atoms with Crippen molar-refractivity contribution >= 4 is 22.5 Å².